The molecule has 4 N–H and O–H groups in total. The molecule has 1 amide bonds. The lowest BCUT2D eigenvalue weighted by Crippen LogP contribution is -2.36. The van der Waals surface area contributed by atoms with E-state index in [1.807, 2.05) is 30.3 Å². The standard InChI is InChI=1S/C30H50N2O5/c1-24(2)16-11-8-6-4-3-5-7-9-14-19-26(22-28(32)33)37-30(35)27(31)20-15-21-29(34)36-23-25-17-12-10-13-18-25/h10,12-13,17-18,24,26-27H,3-9,11,14-16,19-23,31H2,1-2H3,(H2,32,33)/t26-,27-/m0/s1. The van der Waals surface area contributed by atoms with Gasteiger partial charge in [-0.15, -0.1) is 0 Å². The second-order valence-electron chi connectivity index (χ2n) is 10.5. The van der Waals surface area contributed by atoms with Gasteiger partial charge in [-0.05, 0) is 37.2 Å². The van der Waals surface area contributed by atoms with Crippen LogP contribution in [0, 0.1) is 5.92 Å². The van der Waals surface area contributed by atoms with Gasteiger partial charge in [0.1, 0.15) is 18.8 Å². The number of unbranched alkanes of at least 4 members (excludes halogenated alkanes) is 8. The van der Waals surface area contributed by atoms with Crippen molar-refractivity contribution in [3.8, 4) is 0 Å². The summed E-state index contributed by atoms with van der Waals surface area (Å²) in [5.41, 5.74) is 12.2. The molecule has 0 aliphatic rings. The van der Waals surface area contributed by atoms with Crippen molar-refractivity contribution >= 4 is 17.8 Å². The van der Waals surface area contributed by atoms with Crippen LogP contribution in [-0.4, -0.2) is 30.0 Å². The fraction of sp³-hybridized carbons (Fsp3) is 0.700. The molecule has 0 fully saturated rings. The minimum atomic E-state index is -0.849. The molecule has 0 aliphatic carbocycles. The van der Waals surface area contributed by atoms with Crippen LogP contribution < -0.4 is 11.5 Å². The highest BCUT2D eigenvalue weighted by Crippen LogP contribution is 2.16. The summed E-state index contributed by atoms with van der Waals surface area (Å²) >= 11 is 0. The molecule has 0 bridgehead atoms. The highest BCUT2D eigenvalue weighted by molar-refractivity contribution is 5.77. The van der Waals surface area contributed by atoms with E-state index in [0.717, 1.165) is 30.7 Å². The maximum atomic E-state index is 12.4. The number of hydrogen-bond donors (Lipinski definition) is 2. The molecule has 0 aliphatic heterocycles. The van der Waals surface area contributed by atoms with Gasteiger partial charge in [-0.2, -0.15) is 0 Å². The van der Waals surface area contributed by atoms with Crippen molar-refractivity contribution in [3.63, 3.8) is 0 Å². The molecular formula is C30H50N2O5. The number of amides is 1. The lowest BCUT2D eigenvalue weighted by Gasteiger charge is -2.19. The van der Waals surface area contributed by atoms with Crippen molar-refractivity contribution in [2.75, 3.05) is 0 Å². The normalized spacial score (nSPS) is 12.8. The van der Waals surface area contributed by atoms with Gasteiger partial charge in [0.25, 0.3) is 0 Å². The Balaban J connectivity index is 2.17. The Labute approximate surface area is 224 Å². The van der Waals surface area contributed by atoms with Crippen molar-refractivity contribution in [2.24, 2.45) is 17.4 Å². The van der Waals surface area contributed by atoms with Crippen LogP contribution >= 0.6 is 0 Å². The molecule has 7 nitrogen and oxygen atoms in total. The maximum absolute atomic E-state index is 12.4. The molecule has 0 unspecified atom stereocenters. The molecule has 0 radical (unpaired) electrons. The molecule has 0 saturated heterocycles. The topological polar surface area (TPSA) is 122 Å². The van der Waals surface area contributed by atoms with E-state index < -0.39 is 24.0 Å². The number of carbonyl (C=O) groups is 3. The van der Waals surface area contributed by atoms with E-state index in [9.17, 15) is 14.4 Å². The van der Waals surface area contributed by atoms with Gasteiger partial charge in [-0.1, -0.05) is 102 Å². The summed E-state index contributed by atoms with van der Waals surface area (Å²) in [4.78, 5) is 35.8. The Morgan fingerprint density at radius 3 is 1.92 bits per heavy atom. The van der Waals surface area contributed by atoms with E-state index >= 15 is 0 Å². The third-order valence-electron chi connectivity index (χ3n) is 6.46. The molecule has 7 heteroatoms. The smallest absolute Gasteiger partial charge is 0.323 e. The first-order valence-corrected chi connectivity index (χ1v) is 14.2. The molecule has 1 aromatic carbocycles. The number of rotatable bonds is 22. The predicted molar refractivity (Wildman–Crippen MR) is 147 cm³/mol. The van der Waals surface area contributed by atoms with Gasteiger partial charge in [0.05, 0.1) is 6.42 Å². The minimum Gasteiger partial charge on any atom is -0.461 e. The van der Waals surface area contributed by atoms with E-state index in [1.54, 1.807) is 0 Å². The summed E-state index contributed by atoms with van der Waals surface area (Å²) in [5, 5.41) is 0. The fourth-order valence-corrected chi connectivity index (χ4v) is 4.24. The molecule has 0 spiro atoms. The third-order valence-corrected chi connectivity index (χ3v) is 6.46. The van der Waals surface area contributed by atoms with Gasteiger partial charge in [0, 0.05) is 6.42 Å². The lowest BCUT2D eigenvalue weighted by atomic mass is 10.0. The second-order valence-corrected chi connectivity index (χ2v) is 10.5. The van der Waals surface area contributed by atoms with Crippen LogP contribution in [0.2, 0.25) is 0 Å². The summed E-state index contributed by atoms with van der Waals surface area (Å²) in [6, 6.07) is 8.60. The van der Waals surface area contributed by atoms with Crippen LogP contribution in [-0.2, 0) is 30.5 Å². The molecule has 210 valence electrons. The number of benzene rings is 1. The molecule has 2 atom stereocenters. The Morgan fingerprint density at radius 1 is 0.784 bits per heavy atom. The Morgan fingerprint density at radius 2 is 1.35 bits per heavy atom. The summed E-state index contributed by atoms with van der Waals surface area (Å²) in [5.74, 6) is -0.581. The van der Waals surface area contributed by atoms with Crippen molar-refractivity contribution in [2.45, 2.75) is 129 Å². The minimum absolute atomic E-state index is 0.000644. The van der Waals surface area contributed by atoms with Crippen LogP contribution in [0.4, 0.5) is 0 Å². The molecule has 0 heterocycles. The van der Waals surface area contributed by atoms with Crippen molar-refractivity contribution in [1.29, 1.82) is 0 Å². The maximum Gasteiger partial charge on any atom is 0.323 e. The van der Waals surface area contributed by atoms with E-state index in [-0.39, 0.29) is 25.4 Å². The van der Waals surface area contributed by atoms with Gasteiger partial charge >= 0.3 is 11.9 Å². The fourth-order valence-electron chi connectivity index (χ4n) is 4.24. The highest BCUT2D eigenvalue weighted by atomic mass is 16.5. The van der Waals surface area contributed by atoms with Gasteiger partial charge < -0.3 is 20.9 Å². The van der Waals surface area contributed by atoms with Crippen LogP contribution in [0.3, 0.4) is 0 Å². The van der Waals surface area contributed by atoms with Gasteiger partial charge in [-0.3, -0.25) is 14.4 Å². The zero-order chi connectivity index (χ0) is 27.3. The van der Waals surface area contributed by atoms with Gasteiger partial charge in [-0.25, -0.2) is 0 Å². The summed E-state index contributed by atoms with van der Waals surface area (Å²) in [6.07, 6.45) is 13.1. The predicted octanol–water partition coefficient (Wildman–Crippen LogP) is 5.96. The Bertz CT molecular complexity index is 754. The number of nitrogens with two attached hydrogens (primary N) is 2. The molecule has 0 aromatic heterocycles. The Hall–Kier alpha value is -2.41. The highest BCUT2D eigenvalue weighted by Gasteiger charge is 2.22. The van der Waals surface area contributed by atoms with Crippen LogP contribution in [0.25, 0.3) is 0 Å². The molecule has 0 saturated carbocycles. The lowest BCUT2D eigenvalue weighted by molar-refractivity contribution is -0.153. The van der Waals surface area contributed by atoms with E-state index in [2.05, 4.69) is 13.8 Å². The molecule has 37 heavy (non-hydrogen) atoms. The van der Waals surface area contributed by atoms with Gasteiger partial charge in [0.15, 0.2) is 0 Å². The van der Waals surface area contributed by atoms with Crippen LogP contribution in [0.1, 0.15) is 116 Å². The first-order chi connectivity index (χ1) is 17.8. The molecule has 1 rings (SSSR count). The first kappa shape index (κ1) is 32.6. The first-order valence-electron chi connectivity index (χ1n) is 14.2. The number of primary amides is 1. The van der Waals surface area contributed by atoms with Gasteiger partial charge in [0.2, 0.25) is 5.91 Å². The summed E-state index contributed by atoms with van der Waals surface area (Å²) in [7, 11) is 0. The van der Waals surface area contributed by atoms with Crippen LogP contribution in [0.5, 0.6) is 0 Å². The summed E-state index contributed by atoms with van der Waals surface area (Å²) in [6.45, 7) is 4.78. The van der Waals surface area contributed by atoms with Crippen molar-refractivity contribution in [3.05, 3.63) is 35.9 Å². The third kappa shape index (κ3) is 18.5. The average molecular weight is 519 g/mol. The molecular weight excluding hydrogens is 468 g/mol. The van der Waals surface area contributed by atoms with Crippen LogP contribution in [0.15, 0.2) is 30.3 Å². The van der Waals surface area contributed by atoms with E-state index in [4.69, 9.17) is 20.9 Å². The molecule has 1 aromatic rings. The number of hydrogen-bond acceptors (Lipinski definition) is 6. The quantitative estimate of drug-likeness (QED) is 0.144. The van der Waals surface area contributed by atoms with E-state index in [1.165, 1.54) is 44.9 Å². The number of carbonyl (C=O) groups excluding carboxylic acids is 3. The average Bonchev–Trinajstić information content (AvgIpc) is 2.85. The largest absolute Gasteiger partial charge is 0.461 e. The SMILES string of the molecule is CC(C)CCCCCCCCCCC[C@@H](CC(N)=O)OC(=O)[C@@H](N)CCCC(=O)OCc1ccccc1. The number of esters is 2. The second kappa shape index (κ2) is 20.6. The monoisotopic (exact) mass is 518 g/mol. The van der Waals surface area contributed by atoms with E-state index in [0.29, 0.717) is 19.3 Å². The zero-order valence-electron chi connectivity index (χ0n) is 23.1. The summed E-state index contributed by atoms with van der Waals surface area (Å²) < 4.78 is 10.7. The number of ether oxygens (including phenoxy) is 2. The van der Waals surface area contributed by atoms with Crippen molar-refractivity contribution < 1.29 is 23.9 Å². The zero-order valence-corrected chi connectivity index (χ0v) is 23.1. The van der Waals surface area contributed by atoms with Crippen molar-refractivity contribution in [1.82, 2.24) is 0 Å². The Kier molecular flexibility index (Phi) is 18.2.